The second-order valence-electron chi connectivity index (χ2n) is 4.70. The molecular weight excluding hydrogens is 268 g/mol. The second kappa shape index (κ2) is 6.88. The summed E-state index contributed by atoms with van der Waals surface area (Å²) in [7, 11) is 4.79. The van der Waals surface area contributed by atoms with Crippen molar-refractivity contribution >= 4 is 0 Å². The summed E-state index contributed by atoms with van der Waals surface area (Å²) in [5, 5.41) is 9.78. The summed E-state index contributed by atoms with van der Waals surface area (Å²) in [5.74, 6) is 2.11. The van der Waals surface area contributed by atoms with Crippen molar-refractivity contribution < 1.29 is 19.3 Å². The van der Waals surface area contributed by atoms with Crippen LogP contribution in [0.4, 0.5) is 0 Å². The number of aryl methyl sites for hydroxylation is 2. The summed E-state index contributed by atoms with van der Waals surface area (Å²) < 4.78 is 15.6. The molecule has 0 radical (unpaired) electrons. The lowest BCUT2D eigenvalue weighted by Crippen LogP contribution is -1.95. The van der Waals surface area contributed by atoms with E-state index in [1.807, 2.05) is 24.3 Å². The zero-order valence-electron chi connectivity index (χ0n) is 12.6. The van der Waals surface area contributed by atoms with E-state index in [2.05, 4.69) is 0 Å². The van der Waals surface area contributed by atoms with E-state index in [9.17, 15) is 5.11 Å². The summed E-state index contributed by atoms with van der Waals surface area (Å²) >= 11 is 0. The van der Waals surface area contributed by atoms with Gasteiger partial charge in [0.15, 0.2) is 23.0 Å². The Morgan fingerprint density at radius 2 is 1.24 bits per heavy atom. The van der Waals surface area contributed by atoms with Crippen molar-refractivity contribution in [3.8, 4) is 23.0 Å². The number of benzene rings is 2. The van der Waals surface area contributed by atoms with Crippen molar-refractivity contribution in [1.29, 1.82) is 0 Å². The van der Waals surface area contributed by atoms with Crippen molar-refractivity contribution in [3.05, 3.63) is 47.5 Å². The number of hydrogen-bond acceptors (Lipinski definition) is 4. The minimum atomic E-state index is 0.169. The van der Waals surface area contributed by atoms with Crippen LogP contribution in [0.25, 0.3) is 0 Å². The molecule has 0 atom stereocenters. The molecule has 0 aliphatic carbocycles. The van der Waals surface area contributed by atoms with Crippen molar-refractivity contribution in [3.63, 3.8) is 0 Å². The van der Waals surface area contributed by atoms with Gasteiger partial charge in [0, 0.05) is 0 Å². The molecule has 2 aromatic rings. The van der Waals surface area contributed by atoms with Crippen LogP contribution in [0.5, 0.6) is 23.0 Å². The van der Waals surface area contributed by atoms with E-state index in [4.69, 9.17) is 14.2 Å². The predicted molar refractivity (Wildman–Crippen MR) is 81.6 cm³/mol. The minimum absolute atomic E-state index is 0.169. The van der Waals surface area contributed by atoms with Gasteiger partial charge in [-0.2, -0.15) is 0 Å². The predicted octanol–water partition coefficient (Wildman–Crippen LogP) is 3.20. The maximum Gasteiger partial charge on any atom is 0.160 e. The van der Waals surface area contributed by atoms with Crippen LogP contribution in [-0.2, 0) is 12.8 Å². The third-order valence-electron chi connectivity index (χ3n) is 3.39. The molecule has 21 heavy (non-hydrogen) atoms. The molecule has 112 valence electrons. The molecule has 2 aromatic carbocycles. The highest BCUT2D eigenvalue weighted by Gasteiger charge is 2.06. The smallest absolute Gasteiger partial charge is 0.160 e. The fraction of sp³-hybridized carbons (Fsp3) is 0.294. The summed E-state index contributed by atoms with van der Waals surface area (Å²) in [6.45, 7) is 0. The lowest BCUT2D eigenvalue weighted by Gasteiger charge is -2.10. The molecule has 0 bridgehead atoms. The van der Waals surface area contributed by atoms with E-state index in [1.165, 1.54) is 0 Å². The molecule has 0 saturated carbocycles. The summed E-state index contributed by atoms with van der Waals surface area (Å²) in [6.07, 6.45) is 1.68. The maximum atomic E-state index is 9.78. The van der Waals surface area contributed by atoms with Crippen molar-refractivity contribution in [2.75, 3.05) is 21.3 Å². The molecule has 0 heterocycles. The van der Waals surface area contributed by atoms with Crippen molar-refractivity contribution in [1.82, 2.24) is 0 Å². The van der Waals surface area contributed by atoms with E-state index in [0.29, 0.717) is 5.75 Å². The first-order valence-electron chi connectivity index (χ1n) is 6.74. The fourth-order valence-electron chi connectivity index (χ4n) is 2.22. The zero-order valence-corrected chi connectivity index (χ0v) is 12.6. The van der Waals surface area contributed by atoms with Gasteiger partial charge in [-0.25, -0.2) is 0 Å². The van der Waals surface area contributed by atoms with Gasteiger partial charge in [0.2, 0.25) is 0 Å². The molecule has 0 aliphatic heterocycles. The highest BCUT2D eigenvalue weighted by Crippen LogP contribution is 2.29. The lowest BCUT2D eigenvalue weighted by atomic mass is 10.0. The van der Waals surface area contributed by atoms with Crippen LogP contribution in [0.1, 0.15) is 11.1 Å². The Hall–Kier alpha value is -2.36. The molecule has 0 spiro atoms. The zero-order chi connectivity index (χ0) is 15.2. The van der Waals surface area contributed by atoms with Gasteiger partial charge >= 0.3 is 0 Å². The van der Waals surface area contributed by atoms with Crippen molar-refractivity contribution in [2.24, 2.45) is 0 Å². The van der Waals surface area contributed by atoms with E-state index >= 15 is 0 Å². The van der Waals surface area contributed by atoms with Crippen LogP contribution >= 0.6 is 0 Å². The number of methoxy groups -OCH3 is 3. The highest BCUT2D eigenvalue weighted by molar-refractivity contribution is 5.44. The normalized spacial score (nSPS) is 10.2. The Bertz CT molecular complexity index is 608. The molecule has 0 saturated heterocycles. The standard InChI is InChI=1S/C17H20O4/c1-19-15-8-6-12(10-14(15)18)4-5-13-7-9-16(20-2)17(11-13)21-3/h6-11,18H,4-5H2,1-3H3. The number of aromatic hydroxyl groups is 1. The van der Waals surface area contributed by atoms with Gasteiger partial charge in [-0.3, -0.25) is 0 Å². The third-order valence-corrected chi connectivity index (χ3v) is 3.39. The first-order valence-corrected chi connectivity index (χ1v) is 6.74. The van der Waals surface area contributed by atoms with E-state index < -0.39 is 0 Å². The van der Waals surface area contributed by atoms with Gasteiger partial charge < -0.3 is 19.3 Å². The van der Waals surface area contributed by atoms with Gasteiger partial charge in [-0.1, -0.05) is 12.1 Å². The summed E-state index contributed by atoms with van der Waals surface area (Å²) in [5.41, 5.74) is 2.21. The molecule has 2 rings (SSSR count). The van der Waals surface area contributed by atoms with Crippen LogP contribution in [0.3, 0.4) is 0 Å². The van der Waals surface area contributed by atoms with E-state index in [0.717, 1.165) is 35.5 Å². The minimum Gasteiger partial charge on any atom is -0.504 e. The lowest BCUT2D eigenvalue weighted by molar-refractivity contribution is 0.354. The molecule has 0 aromatic heterocycles. The Morgan fingerprint density at radius 3 is 1.76 bits per heavy atom. The van der Waals surface area contributed by atoms with E-state index in [1.54, 1.807) is 33.5 Å². The fourth-order valence-corrected chi connectivity index (χ4v) is 2.22. The van der Waals surface area contributed by atoms with Gasteiger partial charge in [0.1, 0.15) is 0 Å². The average molecular weight is 288 g/mol. The molecule has 0 amide bonds. The summed E-state index contributed by atoms with van der Waals surface area (Å²) in [6, 6.07) is 11.4. The molecule has 0 unspecified atom stereocenters. The van der Waals surface area contributed by atoms with Gasteiger partial charge in [0.25, 0.3) is 0 Å². The Balaban J connectivity index is 2.07. The Kier molecular flexibility index (Phi) is 4.93. The SMILES string of the molecule is COc1ccc(CCc2ccc(OC)c(OC)c2)cc1O. The molecule has 1 N–H and O–H groups in total. The monoisotopic (exact) mass is 288 g/mol. The quantitative estimate of drug-likeness (QED) is 0.886. The van der Waals surface area contributed by atoms with Gasteiger partial charge in [-0.05, 0) is 48.2 Å². The second-order valence-corrected chi connectivity index (χ2v) is 4.70. The average Bonchev–Trinajstić information content (AvgIpc) is 2.52. The first-order chi connectivity index (χ1) is 10.2. The largest absolute Gasteiger partial charge is 0.504 e. The number of hydrogen-bond donors (Lipinski definition) is 1. The molecule has 0 aliphatic rings. The first kappa shape index (κ1) is 15.0. The highest BCUT2D eigenvalue weighted by atomic mass is 16.5. The molecule has 4 heteroatoms. The number of phenols is 1. The number of phenolic OH excluding ortho intramolecular Hbond substituents is 1. The number of rotatable bonds is 6. The van der Waals surface area contributed by atoms with Crippen LogP contribution in [0.15, 0.2) is 36.4 Å². The topological polar surface area (TPSA) is 47.9 Å². The van der Waals surface area contributed by atoms with Crippen molar-refractivity contribution in [2.45, 2.75) is 12.8 Å². The Morgan fingerprint density at radius 1 is 0.714 bits per heavy atom. The third kappa shape index (κ3) is 3.60. The van der Waals surface area contributed by atoms with Crippen LogP contribution in [-0.4, -0.2) is 26.4 Å². The molecular formula is C17H20O4. The Labute approximate surface area is 124 Å². The van der Waals surface area contributed by atoms with E-state index in [-0.39, 0.29) is 5.75 Å². The van der Waals surface area contributed by atoms with Gasteiger partial charge in [-0.15, -0.1) is 0 Å². The van der Waals surface area contributed by atoms with Crippen LogP contribution in [0, 0.1) is 0 Å². The van der Waals surface area contributed by atoms with Gasteiger partial charge in [0.05, 0.1) is 21.3 Å². The van der Waals surface area contributed by atoms with Crippen LogP contribution < -0.4 is 14.2 Å². The number of ether oxygens (including phenoxy) is 3. The van der Waals surface area contributed by atoms with Crippen LogP contribution in [0.2, 0.25) is 0 Å². The molecule has 0 fully saturated rings. The molecule has 4 nitrogen and oxygen atoms in total. The summed E-state index contributed by atoms with van der Waals surface area (Å²) in [4.78, 5) is 0. The maximum absolute atomic E-state index is 9.78.